The van der Waals surface area contributed by atoms with E-state index in [4.69, 9.17) is 4.98 Å². The summed E-state index contributed by atoms with van der Waals surface area (Å²) >= 11 is 5.00. The number of rotatable bonds is 7. The maximum atomic E-state index is 13.6. The van der Waals surface area contributed by atoms with Crippen molar-refractivity contribution in [2.45, 2.75) is 39.7 Å². The van der Waals surface area contributed by atoms with Crippen LogP contribution in [0.2, 0.25) is 0 Å². The van der Waals surface area contributed by atoms with Crippen LogP contribution in [0.1, 0.15) is 37.3 Å². The Morgan fingerprint density at radius 3 is 2.71 bits per heavy atom. The van der Waals surface area contributed by atoms with Crippen LogP contribution in [0.25, 0.3) is 10.6 Å². The smallest absolute Gasteiger partial charge is 0.125 e. The highest BCUT2D eigenvalue weighted by atomic mass is 79.9. The van der Waals surface area contributed by atoms with E-state index in [0.717, 1.165) is 53.1 Å². The Morgan fingerprint density at radius 1 is 1.24 bits per heavy atom. The molecule has 0 aliphatic rings. The van der Waals surface area contributed by atoms with Gasteiger partial charge >= 0.3 is 0 Å². The van der Waals surface area contributed by atoms with Crippen molar-refractivity contribution in [1.82, 2.24) is 10.3 Å². The largest absolute Gasteiger partial charge is 0.312 e. The monoisotopic (exact) mass is 370 g/mol. The van der Waals surface area contributed by atoms with Crippen molar-refractivity contribution in [2.24, 2.45) is 0 Å². The predicted octanol–water partition coefficient (Wildman–Crippen LogP) is 5.16. The van der Waals surface area contributed by atoms with E-state index < -0.39 is 0 Å². The van der Waals surface area contributed by atoms with Gasteiger partial charge in [0.25, 0.3) is 0 Å². The van der Waals surface area contributed by atoms with Crippen LogP contribution in [0, 0.1) is 5.82 Å². The molecule has 0 fully saturated rings. The van der Waals surface area contributed by atoms with E-state index in [9.17, 15) is 4.39 Å². The molecule has 0 amide bonds. The van der Waals surface area contributed by atoms with Crippen molar-refractivity contribution in [3.05, 3.63) is 39.1 Å². The summed E-state index contributed by atoms with van der Waals surface area (Å²) in [6.45, 7) is 6.16. The van der Waals surface area contributed by atoms with Crippen LogP contribution in [-0.4, -0.2) is 11.5 Å². The summed E-state index contributed by atoms with van der Waals surface area (Å²) in [5.74, 6) is -0.239. The highest BCUT2D eigenvalue weighted by Crippen LogP contribution is 2.31. The fourth-order valence-corrected chi connectivity index (χ4v) is 3.66. The Kier molecular flexibility index (Phi) is 6.33. The lowest BCUT2D eigenvalue weighted by molar-refractivity contribution is 0.627. The van der Waals surface area contributed by atoms with Crippen LogP contribution in [0.5, 0.6) is 0 Å². The molecule has 2 aromatic rings. The number of thiazole rings is 1. The van der Waals surface area contributed by atoms with Crippen molar-refractivity contribution in [3.8, 4) is 10.6 Å². The van der Waals surface area contributed by atoms with Gasteiger partial charge in [0.1, 0.15) is 10.8 Å². The molecule has 1 N–H and O–H groups in total. The minimum absolute atomic E-state index is 0.239. The van der Waals surface area contributed by atoms with E-state index in [0.29, 0.717) is 0 Å². The van der Waals surface area contributed by atoms with Crippen molar-refractivity contribution in [3.63, 3.8) is 0 Å². The minimum atomic E-state index is -0.239. The van der Waals surface area contributed by atoms with E-state index in [1.807, 2.05) is 6.07 Å². The van der Waals surface area contributed by atoms with Gasteiger partial charge in [-0.25, -0.2) is 9.37 Å². The second-order valence-corrected chi connectivity index (χ2v) is 6.97. The lowest BCUT2D eigenvalue weighted by Gasteiger charge is -2.02. The second-order valence-electron chi connectivity index (χ2n) is 4.97. The first-order valence-corrected chi connectivity index (χ1v) is 8.90. The summed E-state index contributed by atoms with van der Waals surface area (Å²) in [4.78, 5) is 5.99. The number of benzene rings is 1. The van der Waals surface area contributed by atoms with Gasteiger partial charge in [-0.3, -0.25) is 0 Å². The Hall–Kier alpha value is -0.780. The maximum absolute atomic E-state index is 13.6. The topological polar surface area (TPSA) is 24.9 Å². The molecule has 0 bridgehead atoms. The summed E-state index contributed by atoms with van der Waals surface area (Å²) in [6, 6.07) is 4.93. The standard InChI is InChI=1S/C16H20BrFN2S/c1-3-5-14-15(10-19-6-4-2)21-16(20-14)11-7-12(17)9-13(18)8-11/h7-9,19H,3-6,10H2,1-2H3. The molecule has 0 spiro atoms. The highest BCUT2D eigenvalue weighted by molar-refractivity contribution is 9.10. The van der Waals surface area contributed by atoms with Crippen LogP contribution in [0.15, 0.2) is 22.7 Å². The molecule has 0 atom stereocenters. The molecule has 0 saturated carbocycles. The molecule has 21 heavy (non-hydrogen) atoms. The zero-order valence-corrected chi connectivity index (χ0v) is 14.8. The van der Waals surface area contributed by atoms with Crippen LogP contribution in [0.3, 0.4) is 0 Å². The van der Waals surface area contributed by atoms with Gasteiger partial charge in [-0.2, -0.15) is 0 Å². The van der Waals surface area contributed by atoms with Crippen molar-refractivity contribution in [2.75, 3.05) is 6.54 Å². The number of aromatic nitrogens is 1. The van der Waals surface area contributed by atoms with E-state index in [1.54, 1.807) is 17.4 Å². The molecular weight excluding hydrogens is 351 g/mol. The van der Waals surface area contributed by atoms with Gasteiger partial charge < -0.3 is 5.32 Å². The summed E-state index contributed by atoms with van der Waals surface area (Å²) < 4.78 is 14.3. The molecule has 0 radical (unpaired) electrons. The first-order chi connectivity index (χ1) is 10.1. The molecule has 0 aliphatic carbocycles. The molecule has 0 aliphatic heterocycles. The average molecular weight is 371 g/mol. The molecule has 2 nitrogen and oxygen atoms in total. The van der Waals surface area contributed by atoms with Crippen LogP contribution < -0.4 is 5.32 Å². The van der Waals surface area contributed by atoms with Gasteiger partial charge in [0.15, 0.2) is 0 Å². The number of halogens is 2. The highest BCUT2D eigenvalue weighted by Gasteiger charge is 2.13. The third kappa shape index (κ3) is 4.59. The molecule has 0 saturated heterocycles. The summed E-state index contributed by atoms with van der Waals surface area (Å²) in [5, 5.41) is 4.32. The first-order valence-electron chi connectivity index (χ1n) is 7.29. The molecule has 5 heteroatoms. The molecule has 1 heterocycles. The summed E-state index contributed by atoms with van der Waals surface area (Å²) in [5.41, 5.74) is 1.98. The van der Waals surface area contributed by atoms with E-state index >= 15 is 0 Å². The molecular formula is C16H20BrFN2S. The maximum Gasteiger partial charge on any atom is 0.125 e. The van der Waals surface area contributed by atoms with Gasteiger partial charge in [-0.15, -0.1) is 11.3 Å². The van der Waals surface area contributed by atoms with Crippen LogP contribution >= 0.6 is 27.3 Å². The number of hydrogen-bond donors (Lipinski definition) is 1. The lowest BCUT2D eigenvalue weighted by atomic mass is 10.2. The average Bonchev–Trinajstić information content (AvgIpc) is 2.82. The van der Waals surface area contributed by atoms with Gasteiger partial charge in [-0.1, -0.05) is 36.2 Å². The van der Waals surface area contributed by atoms with Crippen LogP contribution in [-0.2, 0) is 13.0 Å². The number of aryl methyl sites for hydroxylation is 1. The lowest BCUT2D eigenvalue weighted by Crippen LogP contribution is -2.13. The Balaban J connectivity index is 2.29. The Morgan fingerprint density at radius 2 is 2.05 bits per heavy atom. The number of nitrogens with zero attached hydrogens (tertiary/aromatic N) is 1. The second kappa shape index (κ2) is 8.01. The summed E-state index contributed by atoms with van der Waals surface area (Å²) in [7, 11) is 0. The molecule has 114 valence electrons. The molecule has 2 rings (SSSR count). The van der Waals surface area contributed by atoms with Gasteiger partial charge in [0.2, 0.25) is 0 Å². The zero-order chi connectivity index (χ0) is 15.2. The fourth-order valence-electron chi connectivity index (χ4n) is 2.13. The summed E-state index contributed by atoms with van der Waals surface area (Å²) in [6.07, 6.45) is 3.15. The number of nitrogens with one attached hydrogen (secondary N) is 1. The first kappa shape index (κ1) is 16.6. The third-order valence-electron chi connectivity index (χ3n) is 3.09. The Bertz CT molecular complexity index is 578. The van der Waals surface area contributed by atoms with Gasteiger partial charge in [0, 0.05) is 21.5 Å². The molecule has 1 aromatic carbocycles. The number of hydrogen-bond acceptors (Lipinski definition) is 3. The third-order valence-corrected chi connectivity index (χ3v) is 4.69. The molecule has 0 unspecified atom stereocenters. The van der Waals surface area contributed by atoms with E-state index in [2.05, 4.69) is 35.1 Å². The van der Waals surface area contributed by atoms with Crippen LogP contribution in [0.4, 0.5) is 4.39 Å². The SMILES string of the molecule is CCCNCc1sc(-c2cc(F)cc(Br)c2)nc1CCC. The predicted molar refractivity (Wildman–Crippen MR) is 91.2 cm³/mol. The van der Waals surface area contributed by atoms with E-state index in [-0.39, 0.29) is 5.82 Å². The van der Waals surface area contributed by atoms with Crippen molar-refractivity contribution >= 4 is 27.3 Å². The van der Waals surface area contributed by atoms with Crippen molar-refractivity contribution < 1.29 is 4.39 Å². The quantitative estimate of drug-likeness (QED) is 0.680. The van der Waals surface area contributed by atoms with E-state index in [1.165, 1.54) is 10.9 Å². The van der Waals surface area contributed by atoms with Gasteiger partial charge in [0.05, 0.1) is 5.69 Å². The Labute approximate surface area is 137 Å². The molecule has 1 aromatic heterocycles. The van der Waals surface area contributed by atoms with Gasteiger partial charge in [-0.05, 0) is 37.6 Å². The fraction of sp³-hybridized carbons (Fsp3) is 0.438. The van der Waals surface area contributed by atoms with Crippen molar-refractivity contribution in [1.29, 1.82) is 0 Å². The normalized spacial score (nSPS) is 11.0. The minimum Gasteiger partial charge on any atom is -0.312 e. The zero-order valence-electron chi connectivity index (χ0n) is 12.4.